The number of esters is 1. The van der Waals surface area contributed by atoms with Gasteiger partial charge in [0.25, 0.3) is 5.91 Å². The molecule has 1 saturated carbocycles. The van der Waals surface area contributed by atoms with Crippen LogP contribution in [0.5, 0.6) is 0 Å². The normalized spacial score (nSPS) is 22.1. The maximum atomic E-state index is 11.8. The number of amides is 1. The van der Waals surface area contributed by atoms with Crippen molar-refractivity contribution >= 4 is 11.9 Å². The largest absolute Gasteiger partial charge is 0.452 e. The number of ether oxygens (including phenoxy) is 1. The third-order valence-electron chi connectivity index (χ3n) is 3.80. The third kappa shape index (κ3) is 4.08. The quantitative estimate of drug-likeness (QED) is 0.859. The van der Waals surface area contributed by atoms with Gasteiger partial charge in [-0.25, -0.2) is 4.79 Å². The summed E-state index contributed by atoms with van der Waals surface area (Å²) in [6, 6.07) is 8.91. The van der Waals surface area contributed by atoms with Crippen molar-refractivity contribution < 1.29 is 14.3 Å². The van der Waals surface area contributed by atoms with E-state index in [1.165, 1.54) is 6.42 Å². The summed E-state index contributed by atoms with van der Waals surface area (Å²) < 4.78 is 5.02. The lowest BCUT2D eigenvalue weighted by molar-refractivity contribution is -0.125. The Morgan fingerprint density at radius 3 is 2.60 bits per heavy atom. The van der Waals surface area contributed by atoms with Crippen molar-refractivity contribution in [2.45, 2.75) is 38.6 Å². The van der Waals surface area contributed by atoms with E-state index < -0.39 is 5.97 Å². The molecule has 1 amide bonds. The average Bonchev–Trinajstić information content (AvgIpc) is 2.48. The molecule has 1 aliphatic carbocycles. The minimum absolute atomic E-state index is 0.211. The van der Waals surface area contributed by atoms with Gasteiger partial charge in [-0.05, 0) is 30.9 Å². The highest BCUT2D eigenvalue weighted by atomic mass is 16.5. The molecule has 0 spiro atoms. The van der Waals surface area contributed by atoms with Crippen LogP contribution in [-0.4, -0.2) is 24.5 Å². The molecule has 0 bridgehead atoms. The predicted octanol–water partition coefficient (Wildman–Crippen LogP) is 2.54. The molecule has 20 heavy (non-hydrogen) atoms. The first-order chi connectivity index (χ1) is 9.66. The minimum Gasteiger partial charge on any atom is -0.452 e. The Balaban J connectivity index is 1.76. The summed E-state index contributed by atoms with van der Waals surface area (Å²) in [6.07, 6.45) is 4.55. The van der Waals surface area contributed by atoms with Crippen molar-refractivity contribution in [1.82, 2.24) is 5.32 Å². The molecule has 0 aliphatic heterocycles. The lowest BCUT2D eigenvalue weighted by Gasteiger charge is -2.29. The fraction of sp³-hybridized carbons (Fsp3) is 0.500. The molecule has 1 aliphatic rings. The summed E-state index contributed by atoms with van der Waals surface area (Å²) >= 11 is 0. The van der Waals surface area contributed by atoms with Gasteiger partial charge in [0.2, 0.25) is 0 Å². The smallest absolute Gasteiger partial charge is 0.338 e. The Labute approximate surface area is 119 Å². The van der Waals surface area contributed by atoms with Crippen molar-refractivity contribution in [2.24, 2.45) is 5.92 Å². The second kappa shape index (κ2) is 7.08. The molecule has 0 heterocycles. The van der Waals surface area contributed by atoms with Crippen LogP contribution in [0.25, 0.3) is 0 Å². The number of carbonyl (C=O) groups excluding carboxylic acids is 2. The van der Waals surface area contributed by atoms with Gasteiger partial charge >= 0.3 is 5.97 Å². The van der Waals surface area contributed by atoms with Crippen LogP contribution in [-0.2, 0) is 9.53 Å². The molecule has 108 valence electrons. The molecular weight excluding hydrogens is 254 g/mol. The first kappa shape index (κ1) is 14.6. The third-order valence-corrected chi connectivity index (χ3v) is 3.80. The topological polar surface area (TPSA) is 55.4 Å². The van der Waals surface area contributed by atoms with E-state index in [2.05, 4.69) is 12.2 Å². The summed E-state index contributed by atoms with van der Waals surface area (Å²) in [5, 5.41) is 2.96. The Bertz CT molecular complexity index is 458. The van der Waals surface area contributed by atoms with Crippen molar-refractivity contribution in [3.63, 3.8) is 0 Å². The Morgan fingerprint density at radius 1 is 1.20 bits per heavy atom. The Hall–Kier alpha value is -1.84. The molecule has 0 radical (unpaired) electrons. The second-order valence-corrected chi connectivity index (χ2v) is 5.38. The summed E-state index contributed by atoms with van der Waals surface area (Å²) in [6.45, 7) is 1.94. The molecule has 0 aromatic heterocycles. The first-order valence-electron chi connectivity index (χ1n) is 7.18. The summed E-state index contributed by atoms with van der Waals surface area (Å²) in [4.78, 5) is 23.5. The zero-order chi connectivity index (χ0) is 14.4. The molecule has 1 aromatic rings. The van der Waals surface area contributed by atoms with Gasteiger partial charge < -0.3 is 10.1 Å². The van der Waals surface area contributed by atoms with Crippen molar-refractivity contribution in [1.29, 1.82) is 0 Å². The van der Waals surface area contributed by atoms with E-state index in [1.54, 1.807) is 24.3 Å². The molecule has 2 atom stereocenters. The highest BCUT2D eigenvalue weighted by Gasteiger charge is 2.23. The molecule has 1 aromatic carbocycles. The van der Waals surface area contributed by atoms with Gasteiger partial charge in [0, 0.05) is 6.04 Å². The lowest BCUT2D eigenvalue weighted by Crippen LogP contribution is -2.42. The van der Waals surface area contributed by atoms with Gasteiger partial charge in [0.05, 0.1) is 5.56 Å². The van der Waals surface area contributed by atoms with Crippen LogP contribution in [0.2, 0.25) is 0 Å². The molecule has 4 heteroatoms. The Morgan fingerprint density at radius 2 is 1.90 bits per heavy atom. The van der Waals surface area contributed by atoms with Gasteiger partial charge in [0.15, 0.2) is 6.61 Å². The van der Waals surface area contributed by atoms with Crippen LogP contribution in [0.3, 0.4) is 0 Å². The number of rotatable bonds is 4. The van der Waals surface area contributed by atoms with Crippen LogP contribution in [0.4, 0.5) is 0 Å². The van der Waals surface area contributed by atoms with Gasteiger partial charge in [-0.3, -0.25) is 4.79 Å². The van der Waals surface area contributed by atoms with Crippen LogP contribution >= 0.6 is 0 Å². The maximum absolute atomic E-state index is 11.8. The highest BCUT2D eigenvalue weighted by Crippen LogP contribution is 2.23. The van der Waals surface area contributed by atoms with E-state index in [4.69, 9.17) is 4.74 Å². The SMILES string of the molecule is C[C@@H]1CCCC[C@@H]1NC(=O)COC(=O)c1ccccc1. The standard InChI is InChI=1S/C16H21NO3/c1-12-7-5-6-10-14(12)17-15(18)11-20-16(19)13-8-3-2-4-9-13/h2-4,8-9,12,14H,5-7,10-11H2,1H3,(H,17,18)/t12-,14+/m1/s1. The molecule has 0 unspecified atom stereocenters. The number of nitrogens with one attached hydrogen (secondary N) is 1. The van der Waals surface area contributed by atoms with Crippen LogP contribution in [0.1, 0.15) is 43.0 Å². The second-order valence-electron chi connectivity index (χ2n) is 5.38. The number of benzene rings is 1. The van der Waals surface area contributed by atoms with Crippen LogP contribution in [0, 0.1) is 5.92 Å². The fourth-order valence-electron chi connectivity index (χ4n) is 2.57. The van der Waals surface area contributed by atoms with E-state index in [1.807, 2.05) is 6.07 Å². The van der Waals surface area contributed by atoms with Gasteiger partial charge in [0.1, 0.15) is 0 Å². The predicted molar refractivity (Wildman–Crippen MR) is 76.3 cm³/mol. The molecule has 4 nitrogen and oxygen atoms in total. The summed E-state index contributed by atoms with van der Waals surface area (Å²) in [7, 11) is 0. The monoisotopic (exact) mass is 275 g/mol. The van der Waals surface area contributed by atoms with E-state index >= 15 is 0 Å². The summed E-state index contributed by atoms with van der Waals surface area (Å²) in [5.74, 6) is -0.178. The molecule has 2 rings (SSSR count). The summed E-state index contributed by atoms with van der Waals surface area (Å²) in [5.41, 5.74) is 0.464. The average molecular weight is 275 g/mol. The van der Waals surface area contributed by atoms with E-state index in [0.717, 1.165) is 19.3 Å². The molecule has 1 N–H and O–H groups in total. The zero-order valence-corrected chi connectivity index (χ0v) is 11.8. The van der Waals surface area contributed by atoms with Gasteiger partial charge in [-0.1, -0.05) is 38.0 Å². The number of carbonyl (C=O) groups is 2. The van der Waals surface area contributed by atoms with E-state index in [-0.39, 0.29) is 18.6 Å². The molecule has 0 saturated heterocycles. The van der Waals surface area contributed by atoms with Crippen LogP contribution in [0.15, 0.2) is 30.3 Å². The zero-order valence-electron chi connectivity index (χ0n) is 11.8. The maximum Gasteiger partial charge on any atom is 0.338 e. The van der Waals surface area contributed by atoms with Gasteiger partial charge in [-0.15, -0.1) is 0 Å². The molecular formula is C16H21NO3. The van der Waals surface area contributed by atoms with E-state index in [9.17, 15) is 9.59 Å². The Kier molecular flexibility index (Phi) is 5.16. The van der Waals surface area contributed by atoms with Crippen LogP contribution < -0.4 is 5.32 Å². The fourth-order valence-corrected chi connectivity index (χ4v) is 2.57. The molecule has 1 fully saturated rings. The van der Waals surface area contributed by atoms with Crippen molar-refractivity contribution in [3.8, 4) is 0 Å². The van der Waals surface area contributed by atoms with Gasteiger partial charge in [-0.2, -0.15) is 0 Å². The van der Waals surface area contributed by atoms with Crippen molar-refractivity contribution in [3.05, 3.63) is 35.9 Å². The minimum atomic E-state index is -0.461. The van der Waals surface area contributed by atoms with Crippen molar-refractivity contribution in [2.75, 3.05) is 6.61 Å². The van der Waals surface area contributed by atoms with E-state index in [0.29, 0.717) is 11.5 Å². The number of hydrogen-bond donors (Lipinski definition) is 1. The highest BCUT2D eigenvalue weighted by molar-refractivity contribution is 5.91. The lowest BCUT2D eigenvalue weighted by atomic mass is 9.86. The number of hydrogen-bond acceptors (Lipinski definition) is 3. The first-order valence-corrected chi connectivity index (χ1v) is 7.18.